The fraction of sp³-hybridized carbons (Fsp3) is 0.182. The molecular weight excluding hydrogens is 220 g/mol. The number of aryl methyl sites for hydroxylation is 1. The number of imidazole rings is 1. The maximum atomic E-state index is 10.7. The van der Waals surface area contributed by atoms with Crippen LogP contribution in [0.15, 0.2) is 24.3 Å². The Morgan fingerprint density at radius 2 is 2.29 bits per heavy atom. The van der Waals surface area contributed by atoms with Crippen molar-refractivity contribution in [2.75, 3.05) is 0 Å². The number of hydrogen-bond acceptors (Lipinski definition) is 4. The Hall–Kier alpha value is -2.21. The smallest absolute Gasteiger partial charge is 0.270 e. The molecule has 0 aliphatic carbocycles. The fourth-order valence-electron chi connectivity index (χ4n) is 1.67. The molecule has 17 heavy (non-hydrogen) atoms. The van der Waals surface area contributed by atoms with Crippen LogP contribution in [0.25, 0.3) is 11.3 Å². The highest BCUT2D eigenvalue weighted by atomic mass is 16.6. The van der Waals surface area contributed by atoms with Gasteiger partial charge in [0.15, 0.2) is 0 Å². The maximum absolute atomic E-state index is 10.7. The lowest BCUT2D eigenvalue weighted by molar-refractivity contribution is -0.384. The van der Waals surface area contributed by atoms with Crippen LogP contribution in [0.1, 0.15) is 11.5 Å². The normalized spacial score (nSPS) is 10.5. The van der Waals surface area contributed by atoms with E-state index in [1.165, 1.54) is 12.1 Å². The molecule has 1 aromatic carbocycles. The number of rotatable bonds is 3. The molecule has 0 atom stereocenters. The predicted molar refractivity (Wildman–Crippen MR) is 63.3 cm³/mol. The van der Waals surface area contributed by atoms with Gasteiger partial charge in [0.2, 0.25) is 0 Å². The van der Waals surface area contributed by atoms with Gasteiger partial charge in [0, 0.05) is 23.4 Å². The highest BCUT2D eigenvalue weighted by Crippen LogP contribution is 2.24. The van der Waals surface area contributed by atoms with Crippen LogP contribution < -0.4 is 5.73 Å². The van der Waals surface area contributed by atoms with Crippen molar-refractivity contribution in [2.45, 2.75) is 13.5 Å². The van der Waals surface area contributed by atoms with Crippen LogP contribution in [0, 0.1) is 17.0 Å². The molecule has 0 unspecified atom stereocenters. The van der Waals surface area contributed by atoms with E-state index in [-0.39, 0.29) is 5.69 Å². The molecule has 0 spiro atoms. The van der Waals surface area contributed by atoms with Gasteiger partial charge in [-0.2, -0.15) is 0 Å². The van der Waals surface area contributed by atoms with Crippen molar-refractivity contribution in [3.05, 3.63) is 45.9 Å². The molecule has 6 heteroatoms. The second-order valence-electron chi connectivity index (χ2n) is 3.67. The van der Waals surface area contributed by atoms with Crippen LogP contribution in [0.2, 0.25) is 0 Å². The Kier molecular flexibility index (Phi) is 2.88. The van der Waals surface area contributed by atoms with E-state index < -0.39 is 4.92 Å². The molecule has 0 aliphatic rings. The number of aromatic amines is 1. The van der Waals surface area contributed by atoms with Crippen LogP contribution in [0.5, 0.6) is 0 Å². The maximum Gasteiger partial charge on any atom is 0.270 e. The molecule has 0 amide bonds. The zero-order valence-electron chi connectivity index (χ0n) is 9.30. The van der Waals surface area contributed by atoms with Crippen molar-refractivity contribution in [1.82, 2.24) is 9.97 Å². The molecule has 2 aromatic rings. The first-order chi connectivity index (χ1) is 8.11. The topological polar surface area (TPSA) is 97.8 Å². The largest absolute Gasteiger partial charge is 0.344 e. The minimum Gasteiger partial charge on any atom is -0.344 e. The summed E-state index contributed by atoms with van der Waals surface area (Å²) in [7, 11) is 0. The molecule has 0 bridgehead atoms. The lowest BCUT2D eigenvalue weighted by Crippen LogP contribution is -1.97. The van der Waals surface area contributed by atoms with Gasteiger partial charge >= 0.3 is 0 Å². The molecule has 1 aromatic heterocycles. The van der Waals surface area contributed by atoms with Crippen LogP contribution in [-0.2, 0) is 6.54 Å². The molecule has 3 N–H and O–H groups in total. The van der Waals surface area contributed by atoms with E-state index in [2.05, 4.69) is 9.97 Å². The monoisotopic (exact) mass is 232 g/mol. The standard InChI is InChI=1S/C11H12N4O2/c1-7-11(14-10(6-12)13-7)8-3-2-4-9(5-8)15(16)17/h2-5H,6,12H2,1H3,(H,13,14). The summed E-state index contributed by atoms with van der Waals surface area (Å²) >= 11 is 0. The highest BCUT2D eigenvalue weighted by Gasteiger charge is 2.12. The fourth-order valence-corrected chi connectivity index (χ4v) is 1.67. The van der Waals surface area contributed by atoms with E-state index in [0.29, 0.717) is 23.6 Å². The molecule has 88 valence electrons. The third-order valence-electron chi connectivity index (χ3n) is 2.46. The minimum absolute atomic E-state index is 0.0548. The summed E-state index contributed by atoms with van der Waals surface area (Å²) in [5.41, 5.74) is 7.81. The Labute approximate surface area is 97.6 Å². The first-order valence-electron chi connectivity index (χ1n) is 5.12. The van der Waals surface area contributed by atoms with Crippen molar-refractivity contribution < 1.29 is 4.92 Å². The summed E-state index contributed by atoms with van der Waals surface area (Å²) in [6, 6.07) is 6.39. The van der Waals surface area contributed by atoms with Crippen molar-refractivity contribution in [3.63, 3.8) is 0 Å². The van der Waals surface area contributed by atoms with Gasteiger partial charge < -0.3 is 10.7 Å². The molecule has 0 saturated carbocycles. The Balaban J connectivity index is 2.48. The molecule has 0 saturated heterocycles. The number of nitro benzene ring substituents is 1. The number of nitro groups is 1. The minimum atomic E-state index is -0.421. The van der Waals surface area contributed by atoms with E-state index in [1.54, 1.807) is 12.1 Å². The molecule has 0 aliphatic heterocycles. The number of benzene rings is 1. The summed E-state index contributed by atoms with van der Waals surface area (Å²) in [6.45, 7) is 2.18. The Bertz CT molecular complexity index is 562. The van der Waals surface area contributed by atoms with E-state index in [0.717, 1.165) is 5.69 Å². The number of nitrogens with two attached hydrogens (primary N) is 1. The van der Waals surface area contributed by atoms with Gasteiger partial charge in [-0.15, -0.1) is 0 Å². The molecule has 0 radical (unpaired) electrons. The molecule has 1 heterocycles. The zero-order valence-corrected chi connectivity index (χ0v) is 9.30. The van der Waals surface area contributed by atoms with Crippen LogP contribution in [-0.4, -0.2) is 14.9 Å². The van der Waals surface area contributed by atoms with Gasteiger partial charge in [0.1, 0.15) is 5.82 Å². The van der Waals surface area contributed by atoms with Crippen LogP contribution in [0.4, 0.5) is 5.69 Å². The number of nitrogens with zero attached hydrogens (tertiary/aromatic N) is 2. The SMILES string of the molecule is Cc1[nH]c(CN)nc1-c1cccc([N+](=O)[O-])c1. The quantitative estimate of drug-likeness (QED) is 0.622. The van der Waals surface area contributed by atoms with Crippen LogP contribution in [0.3, 0.4) is 0 Å². The molecule has 0 fully saturated rings. The molecule has 6 nitrogen and oxygen atoms in total. The lowest BCUT2D eigenvalue weighted by Gasteiger charge is -1.98. The number of aromatic nitrogens is 2. The summed E-state index contributed by atoms with van der Waals surface area (Å²) in [5.74, 6) is 0.670. The van der Waals surface area contributed by atoms with E-state index in [1.807, 2.05) is 6.92 Å². The predicted octanol–water partition coefficient (Wildman–Crippen LogP) is 1.75. The van der Waals surface area contributed by atoms with E-state index in [4.69, 9.17) is 5.73 Å². The summed E-state index contributed by atoms with van der Waals surface area (Å²) in [5, 5.41) is 10.7. The highest BCUT2D eigenvalue weighted by molar-refractivity contribution is 5.64. The van der Waals surface area contributed by atoms with Gasteiger partial charge in [-0.05, 0) is 6.92 Å². The summed E-state index contributed by atoms with van der Waals surface area (Å²) in [4.78, 5) is 17.6. The molecular formula is C11H12N4O2. The van der Waals surface area contributed by atoms with Crippen molar-refractivity contribution in [3.8, 4) is 11.3 Å². The average Bonchev–Trinajstić information content (AvgIpc) is 2.71. The summed E-state index contributed by atoms with van der Waals surface area (Å²) in [6.07, 6.45) is 0. The zero-order chi connectivity index (χ0) is 12.4. The number of hydrogen-bond donors (Lipinski definition) is 2. The van der Waals surface area contributed by atoms with Gasteiger partial charge in [0.05, 0.1) is 17.2 Å². The average molecular weight is 232 g/mol. The van der Waals surface area contributed by atoms with Crippen LogP contribution >= 0.6 is 0 Å². The van der Waals surface area contributed by atoms with E-state index in [9.17, 15) is 10.1 Å². The third-order valence-corrected chi connectivity index (χ3v) is 2.46. The van der Waals surface area contributed by atoms with Crippen molar-refractivity contribution >= 4 is 5.69 Å². The Morgan fingerprint density at radius 3 is 2.88 bits per heavy atom. The number of non-ortho nitro benzene ring substituents is 1. The first kappa shape index (κ1) is 11.3. The second-order valence-corrected chi connectivity index (χ2v) is 3.67. The van der Waals surface area contributed by atoms with Gasteiger partial charge in [0.25, 0.3) is 5.69 Å². The van der Waals surface area contributed by atoms with Gasteiger partial charge in [-0.3, -0.25) is 10.1 Å². The van der Waals surface area contributed by atoms with Crippen molar-refractivity contribution in [2.24, 2.45) is 5.73 Å². The third kappa shape index (κ3) is 2.16. The lowest BCUT2D eigenvalue weighted by atomic mass is 10.1. The van der Waals surface area contributed by atoms with Crippen molar-refractivity contribution in [1.29, 1.82) is 0 Å². The number of H-pyrrole nitrogens is 1. The van der Waals surface area contributed by atoms with E-state index >= 15 is 0 Å². The Morgan fingerprint density at radius 1 is 1.53 bits per heavy atom. The number of nitrogens with one attached hydrogen (secondary N) is 1. The van der Waals surface area contributed by atoms with Gasteiger partial charge in [-0.1, -0.05) is 12.1 Å². The summed E-state index contributed by atoms with van der Waals surface area (Å²) < 4.78 is 0. The second kappa shape index (κ2) is 4.34. The first-order valence-corrected chi connectivity index (χ1v) is 5.12. The molecule has 2 rings (SSSR count). The van der Waals surface area contributed by atoms with Gasteiger partial charge in [-0.25, -0.2) is 4.98 Å².